The van der Waals surface area contributed by atoms with Crippen LogP contribution in [0.3, 0.4) is 0 Å². The molecule has 0 unspecified atom stereocenters. The zero-order chi connectivity index (χ0) is 28.9. The normalized spacial score (nSPS) is 19.4. The van der Waals surface area contributed by atoms with E-state index in [2.05, 4.69) is 4.98 Å². The van der Waals surface area contributed by atoms with E-state index < -0.39 is 35.9 Å². The molecule has 1 aromatic carbocycles. The number of nitrogens with zero attached hydrogens (tertiary/aromatic N) is 4. The smallest absolute Gasteiger partial charge is 0.433 e. The molecule has 0 N–H and O–H groups in total. The number of hydrogen-bond donors (Lipinski definition) is 0. The van der Waals surface area contributed by atoms with Crippen molar-refractivity contribution in [3.05, 3.63) is 76.1 Å². The molecule has 1 atom stereocenters. The van der Waals surface area contributed by atoms with E-state index in [1.165, 1.54) is 33.7 Å². The van der Waals surface area contributed by atoms with Crippen LogP contribution in [0.1, 0.15) is 18.2 Å². The molecule has 1 saturated heterocycles. The largest absolute Gasteiger partial charge is 0.489 e. The lowest BCUT2D eigenvalue weighted by molar-refractivity contribution is -0.148. The number of aromatic nitrogens is 2. The van der Waals surface area contributed by atoms with Gasteiger partial charge >= 0.3 is 12.4 Å². The highest BCUT2D eigenvalue weighted by Gasteiger charge is 2.46. The van der Waals surface area contributed by atoms with E-state index in [0.29, 0.717) is 24.0 Å². The molecule has 0 bridgehead atoms. The SMILES string of the molecule is C[C@@]12CN(CC(F)(F)F)CCN1c1cc(OCc3ccc(Oc4ccnc(C(F)(F)F)c4)c(F)c3)cc(=O)n1C2. The van der Waals surface area contributed by atoms with Crippen LogP contribution in [0.5, 0.6) is 17.2 Å². The molecule has 0 radical (unpaired) electrons. The zero-order valence-corrected chi connectivity index (χ0v) is 21.0. The van der Waals surface area contributed by atoms with Gasteiger partial charge in [-0.2, -0.15) is 26.3 Å². The number of halogens is 7. The van der Waals surface area contributed by atoms with Gasteiger partial charge in [-0.05, 0) is 30.7 Å². The number of anilines is 1. The van der Waals surface area contributed by atoms with E-state index in [-0.39, 0.29) is 49.0 Å². The first-order chi connectivity index (χ1) is 18.7. The summed E-state index contributed by atoms with van der Waals surface area (Å²) in [5, 5.41) is 0. The van der Waals surface area contributed by atoms with Crippen molar-refractivity contribution < 1.29 is 40.2 Å². The van der Waals surface area contributed by atoms with Crippen LogP contribution in [0, 0.1) is 5.82 Å². The minimum Gasteiger partial charge on any atom is -0.489 e. The number of ether oxygens (including phenoxy) is 2. The first-order valence-electron chi connectivity index (χ1n) is 12.1. The number of hydrogen-bond acceptors (Lipinski definition) is 6. The molecule has 7 nitrogen and oxygen atoms in total. The lowest BCUT2D eigenvalue weighted by atomic mass is 9.98. The summed E-state index contributed by atoms with van der Waals surface area (Å²) in [7, 11) is 0. The van der Waals surface area contributed by atoms with Gasteiger partial charge in [-0.15, -0.1) is 0 Å². The Balaban J connectivity index is 1.26. The van der Waals surface area contributed by atoms with Crippen molar-refractivity contribution in [3.63, 3.8) is 0 Å². The van der Waals surface area contributed by atoms with Gasteiger partial charge in [0.15, 0.2) is 11.6 Å². The Hall–Kier alpha value is -3.81. The Morgan fingerprint density at radius 2 is 1.75 bits per heavy atom. The lowest BCUT2D eigenvalue weighted by Crippen LogP contribution is -2.61. The van der Waals surface area contributed by atoms with Crippen LogP contribution in [-0.4, -0.2) is 52.3 Å². The van der Waals surface area contributed by atoms with Gasteiger partial charge in [0.1, 0.15) is 29.6 Å². The van der Waals surface area contributed by atoms with Gasteiger partial charge in [0.2, 0.25) is 0 Å². The Labute approximate surface area is 223 Å². The number of alkyl halides is 6. The minimum atomic E-state index is -4.68. The van der Waals surface area contributed by atoms with Crippen molar-refractivity contribution in [2.75, 3.05) is 31.1 Å². The average Bonchev–Trinajstić information content (AvgIpc) is 3.15. The highest BCUT2D eigenvalue weighted by atomic mass is 19.4. The van der Waals surface area contributed by atoms with E-state index in [1.807, 2.05) is 11.8 Å². The number of benzene rings is 1. The highest BCUT2D eigenvalue weighted by Crippen LogP contribution is 2.38. The summed E-state index contributed by atoms with van der Waals surface area (Å²) in [6.45, 7) is 1.49. The second kappa shape index (κ2) is 9.98. The first-order valence-corrected chi connectivity index (χ1v) is 12.1. The van der Waals surface area contributed by atoms with E-state index in [1.54, 1.807) is 6.07 Å². The third-order valence-electron chi connectivity index (χ3n) is 6.76. The Bertz CT molecular complexity index is 1470. The fraction of sp³-hybridized carbons (Fsp3) is 0.385. The molecule has 214 valence electrons. The minimum absolute atomic E-state index is 0.133. The van der Waals surface area contributed by atoms with Crippen LogP contribution in [-0.2, 0) is 19.3 Å². The van der Waals surface area contributed by atoms with Crippen molar-refractivity contribution in [1.82, 2.24) is 14.5 Å². The van der Waals surface area contributed by atoms with E-state index >= 15 is 0 Å². The van der Waals surface area contributed by atoms with Gasteiger partial charge < -0.3 is 14.4 Å². The van der Waals surface area contributed by atoms with E-state index in [9.17, 15) is 35.5 Å². The van der Waals surface area contributed by atoms with Crippen LogP contribution >= 0.6 is 0 Å². The van der Waals surface area contributed by atoms with Gasteiger partial charge in [-0.25, -0.2) is 4.39 Å². The Morgan fingerprint density at radius 1 is 0.975 bits per heavy atom. The summed E-state index contributed by atoms with van der Waals surface area (Å²) < 4.78 is 104. The standard InChI is InChI=1S/C26H23F7N4O3/c1-24-13-35(15-25(28,29)30)6-7-37(24)22-10-18(11-23(38)36(22)14-24)39-12-16-2-3-20(19(27)8-16)40-17-4-5-34-21(9-17)26(31,32)33/h2-5,8-11H,6-7,12-15H2,1H3/t24-/m0/s1. The van der Waals surface area contributed by atoms with Crippen LogP contribution < -0.4 is 19.9 Å². The summed E-state index contributed by atoms with van der Waals surface area (Å²) in [6, 6.07) is 8.50. The van der Waals surface area contributed by atoms with Crippen molar-refractivity contribution >= 4 is 5.82 Å². The molecular weight excluding hydrogens is 549 g/mol. The van der Waals surface area contributed by atoms with Crippen molar-refractivity contribution in [1.29, 1.82) is 0 Å². The van der Waals surface area contributed by atoms with Crippen LogP contribution in [0.15, 0.2) is 53.5 Å². The van der Waals surface area contributed by atoms with Crippen molar-refractivity contribution in [2.45, 2.75) is 38.0 Å². The van der Waals surface area contributed by atoms with Gasteiger partial charge in [0.25, 0.3) is 5.56 Å². The highest BCUT2D eigenvalue weighted by molar-refractivity contribution is 5.52. The van der Waals surface area contributed by atoms with Gasteiger partial charge in [0.05, 0.1) is 18.6 Å². The molecule has 4 heterocycles. The lowest BCUT2D eigenvalue weighted by Gasteiger charge is -2.45. The predicted molar refractivity (Wildman–Crippen MR) is 129 cm³/mol. The van der Waals surface area contributed by atoms with Crippen LogP contribution in [0.2, 0.25) is 0 Å². The maximum atomic E-state index is 14.6. The number of pyridine rings is 2. The molecule has 2 aliphatic rings. The first kappa shape index (κ1) is 27.7. The molecule has 1 fully saturated rings. The molecule has 0 spiro atoms. The van der Waals surface area contributed by atoms with Crippen LogP contribution in [0.25, 0.3) is 0 Å². The molecule has 40 heavy (non-hydrogen) atoms. The van der Waals surface area contributed by atoms with E-state index in [0.717, 1.165) is 12.3 Å². The number of fused-ring (bicyclic) bond motifs is 3. The second-order valence-corrected chi connectivity index (χ2v) is 9.98. The fourth-order valence-electron chi connectivity index (χ4n) is 5.08. The molecule has 14 heteroatoms. The molecule has 2 aromatic heterocycles. The molecule has 3 aromatic rings. The molecule has 0 aliphatic carbocycles. The van der Waals surface area contributed by atoms with Gasteiger partial charge in [-0.1, -0.05) is 6.07 Å². The number of piperazine rings is 1. The second-order valence-electron chi connectivity index (χ2n) is 9.98. The molecular formula is C26H23F7N4O3. The predicted octanol–water partition coefficient (Wildman–Crippen LogP) is 5.23. The number of rotatable bonds is 6. The topological polar surface area (TPSA) is 59.8 Å². The maximum Gasteiger partial charge on any atom is 0.433 e. The maximum absolute atomic E-state index is 14.6. The molecule has 0 amide bonds. The van der Waals surface area contributed by atoms with Gasteiger partial charge in [-0.3, -0.25) is 19.2 Å². The molecule has 0 saturated carbocycles. The summed E-state index contributed by atoms with van der Waals surface area (Å²) in [4.78, 5) is 19.3. The molecule has 2 aliphatic heterocycles. The fourth-order valence-corrected chi connectivity index (χ4v) is 5.08. The van der Waals surface area contributed by atoms with E-state index in [4.69, 9.17) is 9.47 Å². The molecule has 5 rings (SSSR count). The van der Waals surface area contributed by atoms with Crippen molar-refractivity contribution in [2.24, 2.45) is 0 Å². The van der Waals surface area contributed by atoms with Gasteiger partial charge in [0, 0.05) is 44.0 Å². The quantitative estimate of drug-likeness (QED) is 0.378. The Morgan fingerprint density at radius 3 is 2.45 bits per heavy atom. The summed E-state index contributed by atoms with van der Waals surface area (Å²) in [6.07, 6.45) is -8.09. The summed E-state index contributed by atoms with van der Waals surface area (Å²) in [5.41, 5.74) is -1.90. The summed E-state index contributed by atoms with van der Waals surface area (Å²) in [5.74, 6) is -0.650. The average molecular weight is 572 g/mol. The van der Waals surface area contributed by atoms with Crippen LogP contribution in [0.4, 0.5) is 36.6 Å². The van der Waals surface area contributed by atoms with Crippen molar-refractivity contribution in [3.8, 4) is 17.2 Å². The monoisotopic (exact) mass is 572 g/mol. The third-order valence-corrected chi connectivity index (χ3v) is 6.76. The summed E-state index contributed by atoms with van der Waals surface area (Å²) >= 11 is 0. The zero-order valence-electron chi connectivity index (χ0n) is 21.0. The third kappa shape index (κ3) is 5.86. The Kier molecular flexibility index (Phi) is 6.92.